The van der Waals surface area contributed by atoms with Gasteiger partial charge in [-0.05, 0) is 64.1 Å². The number of likely N-dealkylation sites (N-methyl/N-ethyl adjacent to an activating group) is 1. The van der Waals surface area contributed by atoms with Gasteiger partial charge in [0.05, 0.1) is 17.0 Å². The van der Waals surface area contributed by atoms with Crippen molar-refractivity contribution in [2.75, 3.05) is 37.2 Å². The van der Waals surface area contributed by atoms with Crippen LogP contribution in [-0.4, -0.2) is 71.2 Å². The third-order valence-electron chi connectivity index (χ3n) is 6.60. The van der Waals surface area contributed by atoms with Crippen LogP contribution in [0.4, 0.5) is 16.2 Å². The summed E-state index contributed by atoms with van der Waals surface area (Å²) in [4.78, 5) is 34.3. The number of carbonyl (C=O) groups is 2. The van der Waals surface area contributed by atoms with Crippen molar-refractivity contribution in [2.24, 2.45) is 4.99 Å². The summed E-state index contributed by atoms with van der Waals surface area (Å²) in [6, 6.07) is 22.8. The third-order valence-corrected chi connectivity index (χ3v) is 7.44. The lowest BCUT2D eigenvalue weighted by molar-refractivity contribution is 0.0304. The minimum atomic E-state index is -0.545. The predicted octanol–water partition coefficient (Wildman–Crippen LogP) is 6.74. The Bertz CT molecular complexity index is 1590. The normalized spacial score (nSPS) is 11.8. The van der Waals surface area contributed by atoms with E-state index < -0.39 is 5.60 Å². The Morgan fingerprint density at radius 2 is 1.70 bits per heavy atom. The Morgan fingerprint density at radius 3 is 2.33 bits per heavy atom. The van der Waals surface area contributed by atoms with Crippen LogP contribution in [0, 0.1) is 0 Å². The number of ether oxygens (including phenoxy) is 1. The highest BCUT2D eigenvalue weighted by Crippen LogP contribution is 2.33. The second-order valence-electron chi connectivity index (χ2n) is 11.0. The molecule has 2 amide bonds. The van der Waals surface area contributed by atoms with Crippen LogP contribution >= 0.6 is 11.9 Å². The molecule has 226 valence electrons. The molecule has 0 bridgehead atoms. The van der Waals surface area contributed by atoms with Crippen molar-refractivity contribution in [3.63, 3.8) is 0 Å². The second kappa shape index (κ2) is 13.7. The molecule has 1 heterocycles. The van der Waals surface area contributed by atoms with Crippen molar-refractivity contribution in [3.8, 4) is 5.88 Å². The van der Waals surface area contributed by atoms with Crippen LogP contribution < -0.4 is 9.62 Å². The smallest absolute Gasteiger partial charge is 0.410 e. The van der Waals surface area contributed by atoms with Gasteiger partial charge >= 0.3 is 6.09 Å². The van der Waals surface area contributed by atoms with Crippen LogP contribution in [0.15, 0.2) is 77.8 Å². The molecule has 1 aromatic heterocycles. The Morgan fingerprint density at radius 1 is 1.00 bits per heavy atom. The average molecular weight is 602 g/mol. The maximum absolute atomic E-state index is 12.4. The van der Waals surface area contributed by atoms with E-state index in [-0.39, 0.29) is 17.9 Å². The van der Waals surface area contributed by atoms with Gasteiger partial charge in [-0.3, -0.25) is 4.79 Å². The maximum Gasteiger partial charge on any atom is 0.410 e. The largest absolute Gasteiger partial charge is 0.494 e. The zero-order chi connectivity index (χ0) is 31.1. The molecule has 43 heavy (non-hydrogen) atoms. The van der Waals surface area contributed by atoms with Gasteiger partial charge in [-0.1, -0.05) is 48.3 Å². The first-order chi connectivity index (χ1) is 20.5. The van der Waals surface area contributed by atoms with Gasteiger partial charge in [0.2, 0.25) is 0 Å². The number of hydrogen-bond donors (Lipinski definition) is 3. The number of aliphatic imine (C=N–C) groups is 1. The van der Waals surface area contributed by atoms with E-state index in [1.807, 2.05) is 94.6 Å². The van der Waals surface area contributed by atoms with Crippen LogP contribution in [0.25, 0.3) is 10.9 Å². The second-order valence-corrected chi connectivity index (χ2v) is 11.8. The highest BCUT2D eigenvalue weighted by Gasteiger charge is 2.21. The summed E-state index contributed by atoms with van der Waals surface area (Å²) in [5.74, 6) is -0.196. The van der Waals surface area contributed by atoms with Crippen molar-refractivity contribution in [1.29, 1.82) is 0 Å². The van der Waals surface area contributed by atoms with Gasteiger partial charge in [0.15, 0.2) is 5.88 Å². The van der Waals surface area contributed by atoms with E-state index in [1.54, 1.807) is 36.0 Å². The fraction of sp³-hybridized carbons (Fsp3) is 0.303. The molecule has 0 spiro atoms. The number of aromatic amines is 1. The topological polar surface area (TPSA) is 110 Å². The molecule has 10 heteroatoms. The molecule has 4 aromatic rings. The number of nitrogens with zero attached hydrogens (tertiary/aromatic N) is 3. The first-order valence-corrected chi connectivity index (χ1v) is 15.3. The van der Waals surface area contributed by atoms with Crippen molar-refractivity contribution in [2.45, 2.75) is 33.3 Å². The molecule has 0 saturated carbocycles. The van der Waals surface area contributed by atoms with E-state index in [2.05, 4.69) is 14.6 Å². The van der Waals surface area contributed by atoms with Crippen molar-refractivity contribution in [3.05, 3.63) is 89.5 Å². The molecule has 9 nitrogen and oxygen atoms in total. The minimum Gasteiger partial charge on any atom is -0.494 e. The average Bonchev–Trinajstić information content (AvgIpc) is 3.31. The summed E-state index contributed by atoms with van der Waals surface area (Å²) in [6.07, 6.45) is 1.64. The molecule has 0 aliphatic carbocycles. The number of hydrogen-bond acceptors (Lipinski definition) is 7. The van der Waals surface area contributed by atoms with E-state index in [0.717, 1.165) is 16.6 Å². The molecular formula is C33H39N5O4S. The third kappa shape index (κ3) is 7.90. The summed E-state index contributed by atoms with van der Waals surface area (Å²) in [5, 5.41) is 14.6. The van der Waals surface area contributed by atoms with Gasteiger partial charge in [-0.15, -0.1) is 0 Å². The minimum absolute atomic E-state index is 0.0232. The monoisotopic (exact) mass is 601 g/mol. The Kier molecular flexibility index (Phi) is 10.0. The molecule has 0 saturated heterocycles. The Balaban J connectivity index is 1.62. The summed E-state index contributed by atoms with van der Waals surface area (Å²) >= 11 is 1.57. The summed E-state index contributed by atoms with van der Waals surface area (Å²) in [6.45, 7) is 9.05. The van der Waals surface area contributed by atoms with Gasteiger partial charge < -0.3 is 29.3 Å². The fourth-order valence-corrected chi connectivity index (χ4v) is 5.10. The number of rotatable bonds is 10. The molecule has 4 rings (SSSR count). The number of amides is 2. The zero-order valence-electron chi connectivity index (χ0n) is 25.5. The van der Waals surface area contributed by atoms with Gasteiger partial charge in [-0.2, -0.15) is 0 Å². The lowest BCUT2D eigenvalue weighted by Crippen LogP contribution is -2.38. The number of fused-ring (bicyclic) bond motifs is 1. The number of carbonyl (C=O) groups excluding carboxylic acids is 2. The lowest BCUT2D eigenvalue weighted by atomic mass is 10.00. The highest BCUT2D eigenvalue weighted by molar-refractivity contribution is 7.99. The molecule has 3 aromatic carbocycles. The molecule has 0 fully saturated rings. The van der Waals surface area contributed by atoms with E-state index in [1.165, 1.54) is 0 Å². The highest BCUT2D eigenvalue weighted by atomic mass is 32.2. The summed E-state index contributed by atoms with van der Waals surface area (Å²) in [5.41, 5.74) is 4.28. The maximum atomic E-state index is 12.4. The summed E-state index contributed by atoms with van der Waals surface area (Å²) in [7, 11) is 1.73. The standard InChI is InChI=1S/C33H39N5O4S/c1-7-34-30(39)23-13-18-26-27(21-23)36-31(40)28(26)29(22-11-9-8-10-12-22)35-24-14-16-25(17-15-24)38(43-6)20-19-37(5)32(41)42-33(2,3)4/h8-18,21,36,40H,7,19-20H2,1-6H3,(H,34,39). The molecule has 0 aliphatic rings. The quantitative estimate of drug-likeness (QED) is 0.137. The predicted molar refractivity (Wildman–Crippen MR) is 176 cm³/mol. The molecule has 0 atom stereocenters. The van der Waals surface area contributed by atoms with Gasteiger partial charge in [0.25, 0.3) is 5.91 Å². The van der Waals surface area contributed by atoms with Crippen molar-refractivity contribution in [1.82, 2.24) is 15.2 Å². The Hall–Kier alpha value is -4.44. The molecule has 0 aliphatic heterocycles. The molecule has 0 unspecified atom stereocenters. The van der Waals surface area contributed by atoms with Gasteiger partial charge in [0.1, 0.15) is 5.60 Å². The van der Waals surface area contributed by atoms with Crippen LogP contribution in [0.1, 0.15) is 49.2 Å². The van der Waals surface area contributed by atoms with Crippen molar-refractivity contribution >= 4 is 51.9 Å². The SMILES string of the molecule is CCNC(=O)c1ccc2c(C(=Nc3ccc(N(CCN(C)C(=O)OC(C)(C)C)SC)cc3)c3ccccc3)c(O)[nH]c2c1. The van der Waals surface area contributed by atoms with Crippen LogP contribution in [0.2, 0.25) is 0 Å². The van der Waals surface area contributed by atoms with Crippen molar-refractivity contribution < 1.29 is 19.4 Å². The number of benzene rings is 3. The van der Waals surface area contributed by atoms with E-state index in [9.17, 15) is 14.7 Å². The van der Waals surface area contributed by atoms with E-state index in [0.29, 0.717) is 47.7 Å². The molecular weight excluding hydrogens is 562 g/mol. The number of aromatic hydroxyl groups is 1. The number of aromatic nitrogens is 1. The number of H-pyrrole nitrogens is 1. The van der Waals surface area contributed by atoms with Gasteiger partial charge in [0, 0.05) is 60.7 Å². The van der Waals surface area contributed by atoms with Crippen LogP contribution in [0.3, 0.4) is 0 Å². The summed E-state index contributed by atoms with van der Waals surface area (Å²) < 4.78 is 7.56. The molecule has 3 N–H and O–H groups in total. The lowest BCUT2D eigenvalue weighted by Gasteiger charge is -2.27. The zero-order valence-corrected chi connectivity index (χ0v) is 26.3. The fourth-order valence-electron chi connectivity index (χ4n) is 4.51. The Labute approximate surface area is 257 Å². The first-order valence-electron chi connectivity index (χ1n) is 14.1. The van der Waals surface area contributed by atoms with Crippen LogP contribution in [0.5, 0.6) is 5.88 Å². The van der Waals surface area contributed by atoms with Gasteiger partial charge in [-0.25, -0.2) is 9.79 Å². The van der Waals surface area contributed by atoms with E-state index in [4.69, 9.17) is 9.73 Å². The number of nitrogens with one attached hydrogen (secondary N) is 2. The van der Waals surface area contributed by atoms with Crippen LogP contribution in [-0.2, 0) is 4.74 Å². The first kappa shape index (κ1) is 31.5. The number of anilines is 1. The van der Waals surface area contributed by atoms with E-state index >= 15 is 0 Å². The molecule has 0 radical (unpaired) electrons.